The lowest BCUT2D eigenvalue weighted by atomic mass is 10.0. The maximum absolute atomic E-state index is 12.1. The van der Waals surface area contributed by atoms with Crippen LogP contribution < -0.4 is 5.32 Å². The van der Waals surface area contributed by atoms with Crippen LogP contribution in [0.5, 0.6) is 0 Å². The van der Waals surface area contributed by atoms with Crippen LogP contribution in [-0.2, 0) is 0 Å². The van der Waals surface area contributed by atoms with Crippen molar-refractivity contribution in [1.29, 1.82) is 0 Å². The molecule has 1 N–H and O–H groups in total. The van der Waals surface area contributed by atoms with Crippen LogP contribution in [0.4, 0.5) is 0 Å². The van der Waals surface area contributed by atoms with Crippen molar-refractivity contribution in [2.45, 2.75) is 26.3 Å². The second-order valence-corrected chi connectivity index (χ2v) is 4.96. The van der Waals surface area contributed by atoms with Gasteiger partial charge in [-0.3, -0.25) is 4.79 Å². The third kappa shape index (κ3) is 3.54. The zero-order valence-electron chi connectivity index (χ0n) is 11.4. The zero-order valence-corrected chi connectivity index (χ0v) is 12.2. The van der Waals surface area contributed by atoms with E-state index in [2.05, 4.69) is 15.3 Å². The lowest BCUT2D eigenvalue weighted by Gasteiger charge is -2.17. The summed E-state index contributed by atoms with van der Waals surface area (Å²) in [5.74, 6) is -0.249. The first-order valence-corrected chi connectivity index (χ1v) is 6.83. The Morgan fingerprint density at radius 1 is 1.25 bits per heavy atom. The lowest BCUT2D eigenvalue weighted by Crippen LogP contribution is -2.28. The number of nitrogens with one attached hydrogen (secondary N) is 1. The van der Waals surface area contributed by atoms with E-state index < -0.39 is 0 Å². The van der Waals surface area contributed by atoms with Crippen molar-refractivity contribution in [2.75, 3.05) is 0 Å². The molecule has 0 fully saturated rings. The summed E-state index contributed by atoms with van der Waals surface area (Å²) in [5.41, 5.74) is 2.53. The van der Waals surface area contributed by atoms with Gasteiger partial charge in [-0.25, -0.2) is 9.97 Å². The Morgan fingerprint density at radius 2 is 1.95 bits per heavy atom. The number of hydrogen-bond acceptors (Lipinski definition) is 3. The molecule has 1 unspecified atom stereocenters. The molecule has 104 valence electrons. The number of hydrogen-bond donors (Lipinski definition) is 1. The summed E-state index contributed by atoms with van der Waals surface area (Å²) in [6, 6.07) is 8.08. The number of nitrogens with zero attached hydrogens (tertiary/aromatic N) is 2. The highest BCUT2D eigenvalue weighted by Crippen LogP contribution is 2.17. The molecule has 0 radical (unpaired) electrons. The van der Waals surface area contributed by atoms with Crippen LogP contribution in [0.15, 0.2) is 36.7 Å². The first-order chi connectivity index (χ1) is 9.60. The number of aryl methyl sites for hydroxylation is 1. The Hall–Kier alpha value is -1.94. The van der Waals surface area contributed by atoms with E-state index in [4.69, 9.17) is 11.6 Å². The molecule has 2 aromatic rings. The fraction of sp³-hybridized carbons (Fsp3) is 0.267. The van der Waals surface area contributed by atoms with Crippen molar-refractivity contribution in [2.24, 2.45) is 0 Å². The van der Waals surface area contributed by atoms with Gasteiger partial charge in [-0.05, 0) is 18.9 Å². The minimum absolute atomic E-state index is 0.0411. The number of halogens is 1. The minimum atomic E-state index is -0.249. The van der Waals surface area contributed by atoms with E-state index in [0.717, 1.165) is 12.0 Å². The van der Waals surface area contributed by atoms with Gasteiger partial charge in [0.05, 0.1) is 18.4 Å². The largest absolute Gasteiger partial charge is 0.344 e. The summed E-state index contributed by atoms with van der Waals surface area (Å²) in [4.78, 5) is 19.9. The Labute approximate surface area is 123 Å². The topological polar surface area (TPSA) is 54.9 Å². The monoisotopic (exact) mass is 289 g/mol. The van der Waals surface area contributed by atoms with Crippen molar-refractivity contribution in [3.63, 3.8) is 0 Å². The van der Waals surface area contributed by atoms with E-state index in [1.54, 1.807) is 0 Å². The van der Waals surface area contributed by atoms with Gasteiger partial charge >= 0.3 is 0 Å². The molecule has 1 amide bonds. The molecule has 0 aliphatic rings. The lowest BCUT2D eigenvalue weighted by molar-refractivity contribution is 0.0930. The number of benzene rings is 1. The molecule has 20 heavy (non-hydrogen) atoms. The van der Waals surface area contributed by atoms with Gasteiger partial charge < -0.3 is 5.32 Å². The van der Waals surface area contributed by atoms with Gasteiger partial charge in [-0.1, -0.05) is 48.4 Å². The van der Waals surface area contributed by atoms with Gasteiger partial charge in [0.2, 0.25) is 0 Å². The van der Waals surface area contributed by atoms with Gasteiger partial charge in [0, 0.05) is 0 Å². The molecule has 0 bridgehead atoms. The average molecular weight is 290 g/mol. The van der Waals surface area contributed by atoms with Gasteiger partial charge in [0.25, 0.3) is 5.91 Å². The van der Waals surface area contributed by atoms with Crippen molar-refractivity contribution >= 4 is 17.5 Å². The fourth-order valence-corrected chi connectivity index (χ4v) is 1.98. The Bertz CT molecular complexity index is 581. The van der Waals surface area contributed by atoms with Crippen molar-refractivity contribution in [1.82, 2.24) is 15.3 Å². The summed E-state index contributed by atoms with van der Waals surface area (Å²) in [6.07, 6.45) is 3.54. The van der Waals surface area contributed by atoms with Crippen molar-refractivity contribution < 1.29 is 4.79 Å². The smallest absolute Gasteiger partial charge is 0.271 e. The predicted octanol–water partition coefficient (Wildman–Crippen LogP) is 3.32. The normalized spacial score (nSPS) is 11.9. The summed E-state index contributed by atoms with van der Waals surface area (Å²) >= 11 is 5.65. The van der Waals surface area contributed by atoms with Gasteiger partial charge in [0.1, 0.15) is 10.8 Å². The molecule has 1 heterocycles. The standard InChI is InChI=1S/C15H16ClN3O/c1-3-12(11-6-4-10(2)5-7-11)19-15(20)13-8-18-14(16)9-17-13/h4-9,12H,3H2,1-2H3,(H,19,20). The fourth-order valence-electron chi connectivity index (χ4n) is 1.88. The summed E-state index contributed by atoms with van der Waals surface area (Å²) < 4.78 is 0. The van der Waals surface area contributed by atoms with Gasteiger partial charge in [-0.15, -0.1) is 0 Å². The van der Waals surface area contributed by atoms with Crippen LogP contribution in [0.1, 0.15) is 41.0 Å². The molecular weight excluding hydrogens is 274 g/mol. The first-order valence-electron chi connectivity index (χ1n) is 6.45. The molecule has 0 saturated carbocycles. The number of amides is 1. The molecule has 0 saturated heterocycles. The Morgan fingerprint density at radius 3 is 2.50 bits per heavy atom. The Balaban J connectivity index is 2.11. The number of rotatable bonds is 4. The summed E-state index contributed by atoms with van der Waals surface area (Å²) in [7, 11) is 0. The molecule has 1 aromatic heterocycles. The number of carbonyl (C=O) groups is 1. The quantitative estimate of drug-likeness (QED) is 0.939. The van der Waals surface area contributed by atoms with Crippen LogP contribution in [-0.4, -0.2) is 15.9 Å². The third-order valence-electron chi connectivity index (χ3n) is 3.05. The van der Waals surface area contributed by atoms with Crippen LogP contribution in [0.2, 0.25) is 5.15 Å². The predicted molar refractivity (Wildman–Crippen MR) is 78.7 cm³/mol. The Kier molecular flexibility index (Phi) is 4.69. The molecule has 0 aliphatic carbocycles. The molecule has 0 spiro atoms. The molecule has 1 aromatic carbocycles. The number of carbonyl (C=O) groups excluding carboxylic acids is 1. The molecule has 1 atom stereocenters. The van der Waals surface area contributed by atoms with E-state index in [-0.39, 0.29) is 22.8 Å². The van der Waals surface area contributed by atoms with Crippen LogP contribution in [0, 0.1) is 6.92 Å². The maximum atomic E-state index is 12.1. The second-order valence-electron chi connectivity index (χ2n) is 4.57. The average Bonchev–Trinajstić information content (AvgIpc) is 2.46. The van der Waals surface area contributed by atoms with Crippen LogP contribution in [0.25, 0.3) is 0 Å². The van der Waals surface area contributed by atoms with Crippen LogP contribution in [0.3, 0.4) is 0 Å². The molecule has 5 heteroatoms. The van der Waals surface area contributed by atoms with E-state index in [0.29, 0.717) is 0 Å². The van der Waals surface area contributed by atoms with Crippen LogP contribution >= 0.6 is 11.6 Å². The molecule has 2 rings (SSSR count). The SMILES string of the molecule is CCC(NC(=O)c1cnc(Cl)cn1)c1ccc(C)cc1. The highest BCUT2D eigenvalue weighted by molar-refractivity contribution is 6.29. The van der Waals surface area contributed by atoms with E-state index in [1.807, 2.05) is 38.1 Å². The summed E-state index contributed by atoms with van der Waals surface area (Å²) in [6.45, 7) is 4.06. The van der Waals surface area contributed by atoms with E-state index in [1.165, 1.54) is 18.0 Å². The number of aromatic nitrogens is 2. The maximum Gasteiger partial charge on any atom is 0.271 e. The van der Waals surface area contributed by atoms with E-state index >= 15 is 0 Å². The molecule has 4 nitrogen and oxygen atoms in total. The van der Waals surface area contributed by atoms with Gasteiger partial charge in [-0.2, -0.15) is 0 Å². The van der Waals surface area contributed by atoms with Crippen molar-refractivity contribution in [3.05, 3.63) is 58.6 Å². The first kappa shape index (κ1) is 14.5. The molecular formula is C15H16ClN3O. The highest BCUT2D eigenvalue weighted by Gasteiger charge is 2.15. The van der Waals surface area contributed by atoms with Crippen molar-refractivity contribution in [3.8, 4) is 0 Å². The van der Waals surface area contributed by atoms with Gasteiger partial charge in [0.15, 0.2) is 0 Å². The molecule has 0 aliphatic heterocycles. The van der Waals surface area contributed by atoms with E-state index in [9.17, 15) is 4.79 Å². The minimum Gasteiger partial charge on any atom is -0.344 e. The third-order valence-corrected chi connectivity index (χ3v) is 3.24. The second kappa shape index (κ2) is 6.48. The highest BCUT2D eigenvalue weighted by atomic mass is 35.5. The zero-order chi connectivity index (χ0) is 14.5. The summed E-state index contributed by atoms with van der Waals surface area (Å²) in [5, 5.41) is 3.22.